The fraction of sp³-hybridized carbons (Fsp3) is 0.250. The maximum Gasteiger partial charge on any atom is 0.503 e. The second-order valence-corrected chi connectivity index (χ2v) is 3.35. The van der Waals surface area contributed by atoms with Gasteiger partial charge < -0.3 is 10.2 Å². The van der Waals surface area contributed by atoms with Gasteiger partial charge >= 0.3 is 6.16 Å². The van der Waals surface area contributed by atoms with Crippen molar-refractivity contribution in [1.29, 1.82) is 0 Å². The molecule has 0 radical (unpaired) electrons. The molecule has 0 fully saturated rings. The van der Waals surface area contributed by atoms with Crippen molar-refractivity contribution in [1.82, 2.24) is 0 Å². The van der Waals surface area contributed by atoms with Gasteiger partial charge in [0.25, 0.3) is 0 Å². The van der Waals surface area contributed by atoms with E-state index in [1.807, 2.05) is 21.6 Å². The fourth-order valence-electron chi connectivity index (χ4n) is 0.196. The van der Waals surface area contributed by atoms with Crippen LogP contribution in [0.1, 0.15) is 0 Å². The molecular weight excluding hydrogens is 160 g/mol. The third-order valence-corrected chi connectivity index (χ3v) is 2.30. The molecule has 0 unspecified atom stereocenters. The minimum atomic E-state index is -1.83. The lowest BCUT2D eigenvalue weighted by Crippen LogP contribution is -1.81. The van der Waals surface area contributed by atoms with E-state index in [0.717, 1.165) is 0 Å². The molecule has 52 valence electrons. The minimum Gasteiger partial charge on any atom is -0.450 e. The van der Waals surface area contributed by atoms with Crippen molar-refractivity contribution in [2.24, 2.45) is 0 Å². The summed E-state index contributed by atoms with van der Waals surface area (Å²) in [6.07, 6.45) is 0.329. The highest BCUT2D eigenvalue weighted by Gasteiger charge is 1.85. The molecule has 9 heavy (non-hydrogen) atoms. The summed E-state index contributed by atoms with van der Waals surface area (Å²) in [6.45, 7) is 0. The lowest BCUT2D eigenvalue weighted by Gasteiger charge is -1.69. The highest BCUT2D eigenvalue weighted by molar-refractivity contribution is 8.78. The third kappa shape index (κ3) is 11.3. The maximum atomic E-state index is 8.56. The van der Waals surface area contributed by atoms with Gasteiger partial charge in [0, 0.05) is 5.75 Å². The van der Waals surface area contributed by atoms with Gasteiger partial charge in [0.15, 0.2) is 0 Å². The number of carboxylic acid groups (broad SMARTS) is 2. The average Bonchev–Trinajstić information content (AvgIpc) is 2.11. The van der Waals surface area contributed by atoms with Gasteiger partial charge in [0.2, 0.25) is 0 Å². The summed E-state index contributed by atoms with van der Waals surface area (Å²) in [5.41, 5.74) is 0. The molecule has 2 N–H and O–H groups in total. The van der Waals surface area contributed by atoms with Gasteiger partial charge in [-0.15, -0.1) is 0 Å². The van der Waals surface area contributed by atoms with Gasteiger partial charge in [0.05, 0.1) is 0 Å². The van der Waals surface area contributed by atoms with Crippen LogP contribution < -0.4 is 0 Å². The monoisotopic (exact) mass is 166 g/mol. The van der Waals surface area contributed by atoms with Crippen LogP contribution in [0.3, 0.4) is 0 Å². The van der Waals surface area contributed by atoms with Gasteiger partial charge in [-0.3, -0.25) is 0 Å². The first-order valence-corrected chi connectivity index (χ1v) is 4.47. The number of hydrogen-bond acceptors (Lipinski definition) is 3. The van der Waals surface area contributed by atoms with Crippen LogP contribution >= 0.6 is 21.6 Å². The molecule has 1 aliphatic rings. The Hall–Kier alpha value is -0.290. The Labute approximate surface area is 60.5 Å². The van der Waals surface area contributed by atoms with E-state index in [0.29, 0.717) is 0 Å². The molecule has 5 heteroatoms. The van der Waals surface area contributed by atoms with E-state index in [1.54, 1.807) is 0 Å². The minimum absolute atomic E-state index is 1.20. The number of carbonyl (C=O) groups is 1. The summed E-state index contributed by atoms with van der Waals surface area (Å²) in [7, 11) is 3.69. The molecule has 0 aromatic rings. The van der Waals surface area contributed by atoms with Crippen LogP contribution in [0.4, 0.5) is 4.79 Å². The fourth-order valence-corrected chi connectivity index (χ4v) is 1.77. The van der Waals surface area contributed by atoms with Crippen LogP contribution in [-0.4, -0.2) is 22.1 Å². The van der Waals surface area contributed by atoms with Crippen LogP contribution in [-0.2, 0) is 0 Å². The Bertz CT molecular complexity index is 102. The van der Waals surface area contributed by atoms with Crippen LogP contribution in [0.5, 0.6) is 0 Å². The average molecular weight is 166 g/mol. The first kappa shape index (κ1) is 8.71. The first-order valence-electron chi connectivity index (χ1n) is 2.08. The number of rotatable bonds is 0. The highest BCUT2D eigenvalue weighted by atomic mass is 33.1. The van der Waals surface area contributed by atoms with Gasteiger partial charge in [-0.25, -0.2) is 4.79 Å². The lowest BCUT2D eigenvalue weighted by atomic mass is 10.8. The molecule has 3 nitrogen and oxygen atoms in total. The Morgan fingerprint density at radius 1 is 1.56 bits per heavy atom. The quantitative estimate of drug-likeness (QED) is 0.540. The van der Waals surface area contributed by atoms with Gasteiger partial charge in [0.1, 0.15) is 0 Å². The zero-order valence-electron chi connectivity index (χ0n) is 4.48. The molecular formula is C4H6O3S2. The lowest BCUT2D eigenvalue weighted by molar-refractivity contribution is 0.137. The molecule has 0 bridgehead atoms. The van der Waals surface area contributed by atoms with Gasteiger partial charge in [-0.2, -0.15) is 0 Å². The summed E-state index contributed by atoms with van der Waals surface area (Å²) < 4.78 is 0. The van der Waals surface area contributed by atoms with Crippen LogP contribution in [0, 0.1) is 0 Å². The summed E-state index contributed by atoms with van der Waals surface area (Å²) in [5.74, 6) is 1.20. The SMILES string of the molecule is C1=CSSC1.O=C(O)O. The Kier molecular flexibility index (Phi) is 5.65. The second kappa shape index (κ2) is 5.84. The van der Waals surface area contributed by atoms with Crippen molar-refractivity contribution >= 4 is 27.7 Å². The second-order valence-electron chi connectivity index (χ2n) is 1.04. The first-order chi connectivity index (χ1) is 4.23. The van der Waals surface area contributed by atoms with Crippen molar-refractivity contribution in [3.63, 3.8) is 0 Å². The zero-order valence-corrected chi connectivity index (χ0v) is 6.11. The predicted octanol–water partition coefficient (Wildman–Crippen LogP) is 2.12. The Balaban J connectivity index is 0.000000148. The van der Waals surface area contributed by atoms with E-state index in [2.05, 4.69) is 11.5 Å². The van der Waals surface area contributed by atoms with E-state index in [-0.39, 0.29) is 0 Å². The molecule has 0 amide bonds. The summed E-state index contributed by atoms with van der Waals surface area (Å²) >= 11 is 0. The Morgan fingerprint density at radius 2 is 2.11 bits per heavy atom. The Morgan fingerprint density at radius 3 is 2.22 bits per heavy atom. The molecule has 0 spiro atoms. The van der Waals surface area contributed by atoms with Crippen molar-refractivity contribution in [3.8, 4) is 0 Å². The van der Waals surface area contributed by atoms with Crippen LogP contribution in [0.15, 0.2) is 11.5 Å². The molecule has 0 aromatic carbocycles. The topological polar surface area (TPSA) is 57.5 Å². The molecule has 1 heterocycles. The van der Waals surface area contributed by atoms with Crippen molar-refractivity contribution < 1.29 is 15.0 Å². The third-order valence-electron chi connectivity index (χ3n) is 0.384. The van der Waals surface area contributed by atoms with E-state index >= 15 is 0 Å². The molecule has 1 rings (SSSR count). The highest BCUT2D eigenvalue weighted by Crippen LogP contribution is 2.27. The van der Waals surface area contributed by atoms with Crippen molar-refractivity contribution in [2.45, 2.75) is 0 Å². The molecule has 0 aliphatic carbocycles. The summed E-state index contributed by atoms with van der Waals surface area (Å²) in [4.78, 5) is 8.56. The van der Waals surface area contributed by atoms with E-state index < -0.39 is 6.16 Å². The van der Waals surface area contributed by atoms with Crippen molar-refractivity contribution in [3.05, 3.63) is 11.5 Å². The summed E-state index contributed by atoms with van der Waals surface area (Å²) in [5, 5.41) is 16.1. The summed E-state index contributed by atoms with van der Waals surface area (Å²) in [6, 6.07) is 0. The maximum absolute atomic E-state index is 8.56. The zero-order chi connectivity index (χ0) is 7.11. The smallest absolute Gasteiger partial charge is 0.450 e. The number of hydrogen-bond donors (Lipinski definition) is 2. The van der Waals surface area contributed by atoms with Gasteiger partial charge in [-0.1, -0.05) is 27.7 Å². The van der Waals surface area contributed by atoms with E-state index in [1.165, 1.54) is 5.75 Å². The largest absolute Gasteiger partial charge is 0.503 e. The van der Waals surface area contributed by atoms with E-state index in [9.17, 15) is 0 Å². The molecule has 0 saturated carbocycles. The normalized spacial score (nSPS) is 14.2. The molecule has 1 aliphatic heterocycles. The van der Waals surface area contributed by atoms with Crippen LogP contribution in [0.25, 0.3) is 0 Å². The molecule has 0 aromatic heterocycles. The van der Waals surface area contributed by atoms with Crippen molar-refractivity contribution in [2.75, 3.05) is 5.75 Å². The molecule has 0 atom stereocenters. The standard InChI is InChI=1S/C3H4S2.CH2O3/c1-2-4-5-3-1;2-1(3)4/h1-2H,3H2;(H2,2,3,4). The van der Waals surface area contributed by atoms with Gasteiger partial charge in [-0.05, 0) is 5.41 Å². The van der Waals surface area contributed by atoms with E-state index in [4.69, 9.17) is 15.0 Å². The molecule has 0 saturated heterocycles. The van der Waals surface area contributed by atoms with Crippen LogP contribution in [0.2, 0.25) is 0 Å². The predicted molar refractivity (Wildman–Crippen MR) is 39.8 cm³/mol.